The van der Waals surface area contributed by atoms with Crippen LogP contribution in [0.1, 0.15) is 26.7 Å². The Morgan fingerprint density at radius 1 is 1.35 bits per heavy atom. The largest absolute Gasteiger partial charge is 0.492 e. The van der Waals surface area contributed by atoms with E-state index >= 15 is 0 Å². The topological polar surface area (TPSA) is 34.1 Å². The quantitative estimate of drug-likeness (QED) is 0.726. The maximum atomic E-state index is 5.80. The second-order valence-corrected chi connectivity index (χ2v) is 4.93. The number of halogens is 1. The molecule has 96 valence electrons. The van der Waals surface area contributed by atoms with Crippen LogP contribution in [0.3, 0.4) is 0 Å². The van der Waals surface area contributed by atoms with Gasteiger partial charge in [-0.1, -0.05) is 25.4 Å². The molecule has 4 heteroatoms. The zero-order valence-electron chi connectivity index (χ0n) is 10.6. The minimum absolute atomic E-state index is 0.612. The third-order valence-electron chi connectivity index (χ3n) is 2.25. The third kappa shape index (κ3) is 7.18. The van der Waals surface area contributed by atoms with Crippen molar-refractivity contribution >= 4 is 11.6 Å². The molecule has 0 atom stereocenters. The highest BCUT2D eigenvalue weighted by Crippen LogP contribution is 2.15. The Labute approximate surface area is 109 Å². The van der Waals surface area contributed by atoms with E-state index < -0.39 is 0 Å². The highest BCUT2D eigenvalue weighted by Gasteiger charge is 1.96. The SMILES string of the molecule is CC(C)CNCCCCOc1cncc(Cl)c1. The number of nitrogens with one attached hydrogen (secondary N) is 1. The van der Waals surface area contributed by atoms with Gasteiger partial charge in [0.25, 0.3) is 0 Å². The fraction of sp³-hybridized carbons (Fsp3) is 0.615. The van der Waals surface area contributed by atoms with Crippen LogP contribution < -0.4 is 10.1 Å². The highest BCUT2D eigenvalue weighted by atomic mass is 35.5. The lowest BCUT2D eigenvalue weighted by atomic mass is 10.2. The predicted octanol–water partition coefficient (Wildman–Crippen LogP) is 3.14. The van der Waals surface area contributed by atoms with E-state index in [1.807, 2.05) is 0 Å². The molecule has 1 aromatic rings. The summed E-state index contributed by atoms with van der Waals surface area (Å²) < 4.78 is 5.54. The van der Waals surface area contributed by atoms with Crippen molar-refractivity contribution in [2.24, 2.45) is 5.92 Å². The van der Waals surface area contributed by atoms with Gasteiger partial charge >= 0.3 is 0 Å². The van der Waals surface area contributed by atoms with Gasteiger partial charge in [-0.05, 0) is 31.8 Å². The third-order valence-corrected chi connectivity index (χ3v) is 2.46. The van der Waals surface area contributed by atoms with Gasteiger partial charge in [0, 0.05) is 12.3 Å². The minimum atomic E-state index is 0.612. The van der Waals surface area contributed by atoms with Crippen LogP contribution in [-0.4, -0.2) is 24.7 Å². The van der Waals surface area contributed by atoms with Gasteiger partial charge in [-0.25, -0.2) is 0 Å². The summed E-state index contributed by atoms with van der Waals surface area (Å²) >= 11 is 5.80. The summed E-state index contributed by atoms with van der Waals surface area (Å²) in [7, 11) is 0. The van der Waals surface area contributed by atoms with Gasteiger partial charge in [-0.2, -0.15) is 0 Å². The van der Waals surface area contributed by atoms with E-state index in [0.717, 1.165) is 31.7 Å². The molecule has 0 spiro atoms. The average molecular weight is 257 g/mol. The Balaban J connectivity index is 2.01. The van der Waals surface area contributed by atoms with E-state index in [0.29, 0.717) is 17.5 Å². The van der Waals surface area contributed by atoms with Crippen molar-refractivity contribution in [3.63, 3.8) is 0 Å². The molecule has 17 heavy (non-hydrogen) atoms. The smallest absolute Gasteiger partial charge is 0.139 e. The molecule has 0 saturated carbocycles. The number of nitrogens with zero attached hydrogens (tertiary/aromatic N) is 1. The molecule has 1 aromatic heterocycles. The summed E-state index contributed by atoms with van der Waals surface area (Å²) in [5.41, 5.74) is 0. The van der Waals surface area contributed by atoms with Crippen molar-refractivity contribution in [2.75, 3.05) is 19.7 Å². The van der Waals surface area contributed by atoms with Crippen molar-refractivity contribution in [1.82, 2.24) is 10.3 Å². The summed E-state index contributed by atoms with van der Waals surface area (Å²) in [6, 6.07) is 1.78. The summed E-state index contributed by atoms with van der Waals surface area (Å²) in [6.07, 6.45) is 5.45. The summed E-state index contributed by atoms with van der Waals surface area (Å²) in [6.45, 7) is 7.27. The monoisotopic (exact) mass is 256 g/mol. The summed E-state index contributed by atoms with van der Waals surface area (Å²) in [4.78, 5) is 3.96. The maximum absolute atomic E-state index is 5.80. The Morgan fingerprint density at radius 3 is 2.88 bits per heavy atom. The lowest BCUT2D eigenvalue weighted by Crippen LogP contribution is -2.21. The van der Waals surface area contributed by atoms with E-state index in [4.69, 9.17) is 16.3 Å². The first kappa shape index (κ1) is 14.3. The Kier molecular flexibility index (Phi) is 6.97. The Hall–Kier alpha value is -0.800. The number of ether oxygens (including phenoxy) is 1. The van der Waals surface area contributed by atoms with Gasteiger partial charge < -0.3 is 10.1 Å². The van der Waals surface area contributed by atoms with E-state index in [1.165, 1.54) is 0 Å². The van der Waals surface area contributed by atoms with Gasteiger partial charge in [0.2, 0.25) is 0 Å². The van der Waals surface area contributed by atoms with Gasteiger partial charge in [0.1, 0.15) is 5.75 Å². The van der Waals surface area contributed by atoms with E-state index in [2.05, 4.69) is 24.1 Å². The first-order chi connectivity index (χ1) is 8.18. The normalized spacial score (nSPS) is 10.8. The van der Waals surface area contributed by atoms with Crippen molar-refractivity contribution in [3.8, 4) is 5.75 Å². The molecule has 0 aliphatic carbocycles. The molecule has 0 fully saturated rings. The molecule has 0 amide bonds. The molecule has 3 nitrogen and oxygen atoms in total. The van der Waals surface area contributed by atoms with Gasteiger partial charge in [-0.15, -0.1) is 0 Å². The molecule has 0 radical (unpaired) electrons. The molecule has 0 bridgehead atoms. The Bertz CT molecular complexity index is 318. The molecule has 0 aromatic carbocycles. The number of hydrogen-bond donors (Lipinski definition) is 1. The van der Waals surface area contributed by atoms with E-state index in [9.17, 15) is 0 Å². The van der Waals surface area contributed by atoms with Crippen LogP contribution in [-0.2, 0) is 0 Å². The zero-order chi connectivity index (χ0) is 12.5. The molecule has 0 aliphatic heterocycles. The van der Waals surface area contributed by atoms with Crippen molar-refractivity contribution in [1.29, 1.82) is 0 Å². The first-order valence-corrected chi connectivity index (χ1v) is 6.50. The van der Waals surface area contributed by atoms with Crippen LogP contribution in [0, 0.1) is 5.92 Å². The highest BCUT2D eigenvalue weighted by molar-refractivity contribution is 6.30. The van der Waals surface area contributed by atoms with Crippen molar-refractivity contribution < 1.29 is 4.74 Å². The fourth-order valence-electron chi connectivity index (χ4n) is 1.40. The first-order valence-electron chi connectivity index (χ1n) is 6.12. The molecular formula is C13H21ClN2O. The maximum Gasteiger partial charge on any atom is 0.139 e. The number of rotatable bonds is 8. The number of pyridine rings is 1. The summed E-state index contributed by atoms with van der Waals surface area (Å²) in [5, 5.41) is 4.02. The predicted molar refractivity (Wildman–Crippen MR) is 71.7 cm³/mol. The van der Waals surface area contributed by atoms with Gasteiger partial charge in [-0.3, -0.25) is 4.98 Å². The van der Waals surface area contributed by atoms with Crippen LogP contribution in [0.5, 0.6) is 5.75 Å². The second-order valence-electron chi connectivity index (χ2n) is 4.49. The van der Waals surface area contributed by atoms with Crippen LogP contribution in [0.15, 0.2) is 18.5 Å². The van der Waals surface area contributed by atoms with Crippen molar-refractivity contribution in [3.05, 3.63) is 23.5 Å². The minimum Gasteiger partial charge on any atom is -0.492 e. The fourth-order valence-corrected chi connectivity index (χ4v) is 1.57. The molecule has 1 N–H and O–H groups in total. The number of hydrogen-bond acceptors (Lipinski definition) is 3. The van der Waals surface area contributed by atoms with Crippen molar-refractivity contribution in [2.45, 2.75) is 26.7 Å². The summed E-state index contributed by atoms with van der Waals surface area (Å²) in [5.74, 6) is 1.46. The second kappa shape index (κ2) is 8.31. The molecule has 1 heterocycles. The van der Waals surface area contributed by atoms with Crippen LogP contribution in [0.25, 0.3) is 0 Å². The average Bonchev–Trinajstić information content (AvgIpc) is 2.27. The molecule has 0 aliphatic rings. The number of aromatic nitrogens is 1. The number of unbranched alkanes of at least 4 members (excludes halogenated alkanes) is 1. The lowest BCUT2D eigenvalue weighted by molar-refractivity contribution is 0.304. The molecule has 1 rings (SSSR count). The Morgan fingerprint density at radius 2 is 2.18 bits per heavy atom. The van der Waals surface area contributed by atoms with E-state index in [1.54, 1.807) is 18.5 Å². The molecule has 0 unspecified atom stereocenters. The molecule has 0 saturated heterocycles. The van der Waals surface area contributed by atoms with Gasteiger partial charge in [0.15, 0.2) is 0 Å². The van der Waals surface area contributed by atoms with E-state index in [-0.39, 0.29) is 0 Å². The van der Waals surface area contributed by atoms with Crippen LogP contribution >= 0.6 is 11.6 Å². The zero-order valence-corrected chi connectivity index (χ0v) is 11.3. The molecular weight excluding hydrogens is 236 g/mol. The van der Waals surface area contributed by atoms with Gasteiger partial charge in [0.05, 0.1) is 17.8 Å². The standard InChI is InChI=1S/C13H21ClN2O/c1-11(2)8-15-5-3-4-6-17-13-7-12(14)9-16-10-13/h7,9-11,15H,3-6,8H2,1-2H3. The lowest BCUT2D eigenvalue weighted by Gasteiger charge is -2.08. The van der Waals surface area contributed by atoms with Crippen LogP contribution in [0.4, 0.5) is 0 Å². The van der Waals surface area contributed by atoms with Crippen LogP contribution in [0.2, 0.25) is 5.02 Å².